The molecule has 0 fully saturated rings. The quantitative estimate of drug-likeness (QED) is 0.789. The topological polar surface area (TPSA) is 17.0 Å². The van der Waals surface area contributed by atoms with Crippen molar-refractivity contribution in [1.29, 1.82) is 0 Å². The molecule has 2 rings (SSSR count). The Morgan fingerprint density at radius 3 is 2.67 bits per heavy atom. The van der Waals surface area contributed by atoms with E-state index in [4.69, 9.17) is 11.6 Å². The number of hydrogen-bond donors (Lipinski definition) is 1. The van der Waals surface area contributed by atoms with Crippen LogP contribution in [0.2, 0.25) is 5.02 Å². The fraction of sp³-hybridized carbons (Fsp3) is 0.333. The summed E-state index contributed by atoms with van der Waals surface area (Å²) in [7, 11) is 0. The van der Waals surface area contributed by atoms with Gasteiger partial charge in [-0.2, -0.15) is 0 Å². The fourth-order valence-corrected chi connectivity index (χ4v) is 2.14. The summed E-state index contributed by atoms with van der Waals surface area (Å²) in [6.45, 7) is 5.10. The summed E-state index contributed by atoms with van der Waals surface area (Å²) in [5.74, 6) is 0. The summed E-state index contributed by atoms with van der Waals surface area (Å²) >= 11 is 5.86. The van der Waals surface area contributed by atoms with Gasteiger partial charge in [0.15, 0.2) is 0 Å². The zero-order valence-electron chi connectivity index (χ0n) is 10.7. The van der Waals surface area contributed by atoms with E-state index < -0.39 is 0 Å². The maximum atomic E-state index is 5.86. The van der Waals surface area contributed by atoms with Crippen molar-refractivity contribution in [3.63, 3.8) is 0 Å². The molecule has 2 aromatic rings. The van der Waals surface area contributed by atoms with Crippen molar-refractivity contribution in [2.24, 2.45) is 0 Å². The van der Waals surface area contributed by atoms with E-state index in [1.165, 1.54) is 11.3 Å². The van der Waals surface area contributed by atoms with E-state index in [1.807, 2.05) is 12.1 Å². The summed E-state index contributed by atoms with van der Waals surface area (Å²) in [6.07, 6.45) is 3.15. The van der Waals surface area contributed by atoms with Gasteiger partial charge in [-0.15, -0.1) is 0 Å². The molecule has 1 aromatic carbocycles. The van der Waals surface area contributed by atoms with Crippen molar-refractivity contribution in [2.75, 3.05) is 6.54 Å². The number of hydrogen-bond acceptors (Lipinski definition) is 1. The molecule has 0 spiro atoms. The second-order valence-electron chi connectivity index (χ2n) is 4.34. The number of benzene rings is 1. The predicted molar refractivity (Wildman–Crippen MR) is 77.0 cm³/mol. The Morgan fingerprint density at radius 2 is 1.94 bits per heavy atom. The molecule has 0 saturated heterocycles. The summed E-state index contributed by atoms with van der Waals surface area (Å²) in [4.78, 5) is 0. The van der Waals surface area contributed by atoms with E-state index in [1.54, 1.807) is 0 Å². The zero-order valence-corrected chi connectivity index (χ0v) is 11.5. The van der Waals surface area contributed by atoms with Gasteiger partial charge < -0.3 is 9.88 Å². The molecule has 0 unspecified atom stereocenters. The molecule has 0 aliphatic rings. The summed E-state index contributed by atoms with van der Waals surface area (Å²) in [5, 5.41) is 4.27. The first kappa shape index (κ1) is 13.2. The Balaban J connectivity index is 1.74. The van der Waals surface area contributed by atoms with Crippen molar-refractivity contribution in [3.8, 4) is 0 Å². The number of nitrogens with zero attached hydrogens (tertiary/aromatic N) is 1. The SMILES string of the molecule is CCn1cccc1CNCCc1ccc(Cl)cc1. The van der Waals surface area contributed by atoms with Crippen LogP contribution in [0.5, 0.6) is 0 Å². The Kier molecular flexibility index (Phi) is 4.85. The molecule has 3 heteroatoms. The summed E-state index contributed by atoms with van der Waals surface area (Å²) in [5.41, 5.74) is 2.66. The van der Waals surface area contributed by atoms with Crippen LogP contribution in [0.1, 0.15) is 18.2 Å². The average molecular weight is 263 g/mol. The van der Waals surface area contributed by atoms with Crippen LogP contribution in [-0.2, 0) is 19.5 Å². The monoisotopic (exact) mass is 262 g/mol. The van der Waals surface area contributed by atoms with Crippen LogP contribution in [0, 0.1) is 0 Å². The van der Waals surface area contributed by atoms with E-state index >= 15 is 0 Å². The largest absolute Gasteiger partial charge is 0.351 e. The molecule has 0 atom stereocenters. The Labute approximate surface area is 114 Å². The van der Waals surface area contributed by atoms with Crippen molar-refractivity contribution >= 4 is 11.6 Å². The normalized spacial score (nSPS) is 10.8. The molecule has 18 heavy (non-hydrogen) atoms. The first-order valence-corrected chi connectivity index (χ1v) is 6.76. The second-order valence-corrected chi connectivity index (χ2v) is 4.78. The summed E-state index contributed by atoms with van der Waals surface area (Å²) < 4.78 is 2.26. The van der Waals surface area contributed by atoms with Crippen molar-refractivity contribution in [2.45, 2.75) is 26.4 Å². The molecule has 96 valence electrons. The summed E-state index contributed by atoms with van der Waals surface area (Å²) in [6, 6.07) is 12.3. The van der Waals surface area contributed by atoms with Gasteiger partial charge in [0, 0.05) is 30.0 Å². The van der Waals surface area contributed by atoms with E-state index in [2.05, 4.69) is 47.3 Å². The van der Waals surface area contributed by atoms with Crippen molar-refractivity contribution < 1.29 is 0 Å². The van der Waals surface area contributed by atoms with Gasteiger partial charge in [-0.1, -0.05) is 23.7 Å². The third-order valence-corrected chi connectivity index (χ3v) is 3.33. The first-order chi connectivity index (χ1) is 8.79. The molecule has 0 aliphatic carbocycles. The molecule has 1 N–H and O–H groups in total. The lowest BCUT2D eigenvalue weighted by atomic mass is 10.1. The number of aromatic nitrogens is 1. The number of nitrogens with one attached hydrogen (secondary N) is 1. The van der Waals surface area contributed by atoms with Crippen LogP contribution in [0.25, 0.3) is 0 Å². The molecular formula is C15H19ClN2. The maximum absolute atomic E-state index is 5.86. The molecule has 0 aliphatic heterocycles. The third-order valence-electron chi connectivity index (χ3n) is 3.07. The number of rotatable bonds is 6. The third kappa shape index (κ3) is 3.62. The van der Waals surface area contributed by atoms with Crippen molar-refractivity contribution in [3.05, 3.63) is 58.9 Å². The van der Waals surface area contributed by atoms with Gasteiger partial charge >= 0.3 is 0 Å². The van der Waals surface area contributed by atoms with E-state index in [0.717, 1.165) is 31.1 Å². The molecular weight excluding hydrogens is 244 g/mol. The maximum Gasteiger partial charge on any atom is 0.0406 e. The van der Waals surface area contributed by atoms with Gasteiger partial charge in [0.05, 0.1) is 0 Å². The van der Waals surface area contributed by atoms with Gasteiger partial charge in [0.1, 0.15) is 0 Å². The molecule has 1 aromatic heterocycles. The highest BCUT2D eigenvalue weighted by atomic mass is 35.5. The Hall–Kier alpha value is -1.25. The Morgan fingerprint density at radius 1 is 1.17 bits per heavy atom. The van der Waals surface area contributed by atoms with Crippen molar-refractivity contribution in [1.82, 2.24) is 9.88 Å². The fourth-order valence-electron chi connectivity index (χ4n) is 2.02. The lowest BCUT2D eigenvalue weighted by Crippen LogP contribution is -2.18. The minimum Gasteiger partial charge on any atom is -0.351 e. The van der Waals surface area contributed by atoms with E-state index in [0.29, 0.717) is 0 Å². The van der Waals surface area contributed by atoms with Crippen LogP contribution in [0.3, 0.4) is 0 Å². The lowest BCUT2D eigenvalue weighted by Gasteiger charge is -2.08. The van der Waals surface area contributed by atoms with Gasteiger partial charge in [0.25, 0.3) is 0 Å². The van der Waals surface area contributed by atoms with Gasteiger partial charge in [-0.3, -0.25) is 0 Å². The molecule has 0 saturated carbocycles. The molecule has 2 nitrogen and oxygen atoms in total. The van der Waals surface area contributed by atoms with E-state index in [9.17, 15) is 0 Å². The van der Waals surface area contributed by atoms with E-state index in [-0.39, 0.29) is 0 Å². The standard InChI is InChI=1S/C15H19ClN2/c1-2-18-11-3-4-15(18)12-17-10-9-13-5-7-14(16)8-6-13/h3-8,11,17H,2,9-10,12H2,1H3. The zero-order chi connectivity index (χ0) is 12.8. The highest BCUT2D eigenvalue weighted by molar-refractivity contribution is 6.30. The Bertz CT molecular complexity index is 473. The number of halogens is 1. The van der Waals surface area contributed by atoms with Gasteiger partial charge in [-0.25, -0.2) is 0 Å². The second kappa shape index (κ2) is 6.62. The van der Waals surface area contributed by atoms with Gasteiger partial charge in [-0.05, 0) is 49.7 Å². The molecule has 1 heterocycles. The average Bonchev–Trinajstić information content (AvgIpc) is 2.84. The molecule has 0 bridgehead atoms. The van der Waals surface area contributed by atoms with Crippen LogP contribution in [0.4, 0.5) is 0 Å². The van der Waals surface area contributed by atoms with Crippen LogP contribution < -0.4 is 5.32 Å². The number of aryl methyl sites for hydroxylation is 1. The van der Waals surface area contributed by atoms with Gasteiger partial charge in [0.2, 0.25) is 0 Å². The smallest absolute Gasteiger partial charge is 0.0406 e. The molecule has 0 radical (unpaired) electrons. The predicted octanol–water partition coefficient (Wildman–Crippen LogP) is 3.49. The first-order valence-electron chi connectivity index (χ1n) is 6.39. The lowest BCUT2D eigenvalue weighted by molar-refractivity contribution is 0.628. The van der Waals surface area contributed by atoms with Crippen LogP contribution in [-0.4, -0.2) is 11.1 Å². The molecule has 0 amide bonds. The minimum atomic E-state index is 0.799. The highest BCUT2D eigenvalue weighted by Gasteiger charge is 1.98. The minimum absolute atomic E-state index is 0.799. The van der Waals surface area contributed by atoms with Crippen LogP contribution >= 0.6 is 11.6 Å². The van der Waals surface area contributed by atoms with Crippen LogP contribution in [0.15, 0.2) is 42.6 Å². The highest BCUT2D eigenvalue weighted by Crippen LogP contribution is 2.09.